The van der Waals surface area contributed by atoms with Gasteiger partial charge in [0, 0.05) is 60.4 Å². The molecule has 0 unspecified atom stereocenters. The van der Waals surface area contributed by atoms with Crippen molar-refractivity contribution in [3.05, 3.63) is 236 Å². The number of hydrogen-bond acceptors (Lipinski definition) is 4. The van der Waals surface area contributed by atoms with Gasteiger partial charge in [-0.1, -0.05) is 146 Å². The first-order valence-corrected chi connectivity index (χ1v) is 23.8. The molecule has 1 aliphatic carbocycles. The van der Waals surface area contributed by atoms with Crippen LogP contribution in [-0.2, 0) is 6.42 Å². The van der Waals surface area contributed by atoms with E-state index in [1.807, 2.05) is 48.5 Å². The normalized spacial score (nSPS) is 12.2. The fourth-order valence-corrected chi connectivity index (χ4v) is 11.1. The van der Waals surface area contributed by atoms with Crippen LogP contribution in [0.2, 0.25) is 0 Å². The summed E-state index contributed by atoms with van der Waals surface area (Å²) in [6.45, 7) is 0. The third kappa shape index (κ3) is 5.96. The smallest absolute Gasteiger partial charge is 0.164 e. The number of furan rings is 1. The second kappa shape index (κ2) is 15.1. The average molecular weight is 894 g/mol. The maximum Gasteiger partial charge on any atom is 0.164 e. The molecule has 1 aliphatic rings. The highest BCUT2D eigenvalue weighted by Crippen LogP contribution is 2.43. The Balaban J connectivity index is 0.827. The molecule has 6 nitrogen and oxygen atoms in total. The fraction of sp³-hybridized carbons (Fsp3) is 0.0156. The Hall–Kier alpha value is -9.39. The Morgan fingerprint density at radius 3 is 1.39 bits per heavy atom. The lowest BCUT2D eigenvalue weighted by molar-refractivity contribution is 0.669. The molecule has 10 aromatic carbocycles. The van der Waals surface area contributed by atoms with Crippen LogP contribution in [0.25, 0.3) is 133 Å². The highest BCUT2D eigenvalue weighted by atomic mass is 16.3. The number of fused-ring (bicyclic) bond motifs is 12. The van der Waals surface area contributed by atoms with Gasteiger partial charge >= 0.3 is 0 Å². The van der Waals surface area contributed by atoms with Gasteiger partial charge in [-0.15, -0.1) is 0 Å². The van der Waals surface area contributed by atoms with Crippen LogP contribution in [0, 0.1) is 0 Å². The third-order valence-corrected chi connectivity index (χ3v) is 14.4. The quantitative estimate of drug-likeness (QED) is 0.167. The summed E-state index contributed by atoms with van der Waals surface area (Å²) in [6, 6.07) is 80.2. The van der Waals surface area contributed by atoms with E-state index >= 15 is 0 Å². The molecule has 4 aromatic heterocycles. The Morgan fingerprint density at radius 2 is 0.757 bits per heavy atom. The number of hydrogen-bond donors (Lipinski definition) is 0. The Bertz CT molecular complexity index is 4390. The van der Waals surface area contributed by atoms with Crippen molar-refractivity contribution in [2.75, 3.05) is 0 Å². The van der Waals surface area contributed by atoms with Crippen molar-refractivity contribution in [1.29, 1.82) is 0 Å². The van der Waals surface area contributed by atoms with Gasteiger partial charge in [0.05, 0.1) is 22.1 Å². The van der Waals surface area contributed by atoms with Gasteiger partial charge in [0.1, 0.15) is 11.2 Å². The molecule has 0 atom stereocenters. The molecule has 70 heavy (non-hydrogen) atoms. The molecule has 0 amide bonds. The summed E-state index contributed by atoms with van der Waals surface area (Å²) < 4.78 is 11.0. The van der Waals surface area contributed by atoms with E-state index in [-0.39, 0.29) is 0 Å². The molecular weight excluding hydrogens is 855 g/mol. The van der Waals surface area contributed by atoms with Crippen LogP contribution in [0.3, 0.4) is 0 Å². The van der Waals surface area contributed by atoms with E-state index in [1.165, 1.54) is 77.0 Å². The molecule has 0 fully saturated rings. The van der Waals surface area contributed by atoms with Crippen molar-refractivity contribution < 1.29 is 4.42 Å². The minimum atomic E-state index is 0.657. The van der Waals surface area contributed by atoms with E-state index in [0.717, 1.165) is 56.4 Å². The second-order valence-electron chi connectivity index (χ2n) is 18.4. The van der Waals surface area contributed by atoms with Crippen LogP contribution in [0.15, 0.2) is 229 Å². The highest BCUT2D eigenvalue weighted by molar-refractivity contribution is 6.13. The lowest BCUT2D eigenvalue weighted by Gasteiger charge is -2.12. The molecule has 0 bridgehead atoms. The zero-order valence-corrected chi connectivity index (χ0v) is 37.7. The van der Waals surface area contributed by atoms with Crippen LogP contribution in [-0.4, -0.2) is 24.1 Å². The monoisotopic (exact) mass is 893 g/mol. The summed E-state index contributed by atoms with van der Waals surface area (Å²) in [6.07, 6.45) is 0.878. The molecule has 326 valence electrons. The summed E-state index contributed by atoms with van der Waals surface area (Å²) in [5.41, 5.74) is 19.0. The zero-order valence-electron chi connectivity index (χ0n) is 37.7. The topological polar surface area (TPSA) is 61.7 Å². The Kier molecular flexibility index (Phi) is 8.32. The average Bonchev–Trinajstić information content (AvgIpc) is 4.18. The lowest BCUT2D eigenvalue weighted by atomic mass is 10.0. The van der Waals surface area contributed by atoms with Gasteiger partial charge in [0.25, 0.3) is 0 Å². The first-order chi connectivity index (χ1) is 34.7. The maximum absolute atomic E-state index is 6.21. The molecular formula is C64H39N5O. The van der Waals surface area contributed by atoms with Crippen molar-refractivity contribution in [1.82, 2.24) is 24.1 Å². The van der Waals surface area contributed by atoms with E-state index in [9.17, 15) is 0 Å². The summed E-state index contributed by atoms with van der Waals surface area (Å²) in [7, 11) is 0. The van der Waals surface area contributed by atoms with Gasteiger partial charge in [-0.2, -0.15) is 0 Å². The third-order valence-electron chi connectivity index (χ3n) is 14.4. The summed E-state index contributed by atoms with van der Waals surface area (Å²) in [5, 5.41) is 7.13. The highest BCUT2D eigenvalue weighted by Gasteiger charge is 2.23. The van der Waals surface area contributed by atoms with E-state index in [1.54, 1.807) is 0 Å². The predicted molar refractivity (Wildman–Crippen MR) is 286 cm³/mol. The van der Waals surface area contributed by atoms with Crippen molar-refractivity contribution in [2.24, 2.45) is 0 Å². The van der Waals surface area contributed by atoms with Crippen LogP contribution in [0.4, 0.5) is 0 Å². The summed E-state index contributed by atoms with van der Waals surface area (Å²) >= 11 is 0. The Labute approximate surface area is 402 Å². The van der Waals surface area contributed by atoms with E-state index in [4.69, 9.17) is 19.4 Å². The van der Waals surface area contributed by atoms with Gasteiger partial charge in [-0.25, -0.2) is 15.0 Å². The molecule has 6 heteroatoms. The molecule has 0 radical (unpaired) electrons. The zero-order chi connectivity index (χ0) is 45.9. The van der Waals surface area contributed by atoms with Crippen LogP contribution >= 0.6 is 0 Å². The van der Waals surface area contributed by atoms with Gasteiger partial charge in [-0.05, 0) is 119 Å². The largest absolute Gasteiger partial charge is 0.456 e. The minimum absolute atomic E-state index is 0.657. The number of nitrogens with zero attached hydrogens (tertiary/aromatic N) is 5. The van der Waals surface area contributed by atoms with Crippen molar-refractivity contribution >= 4 is 65.6 Å². The van der Waals surface area contributed by atoms with Gasteiger partial charge in [-0.3, -0.25) is 0 Å². The van der Waals surface area contributed by atoms with Gasteiger partial charge in [0.2, 0.25) is 0 Å². The molecule has 0 N–H and O–H groups in total. The van der Waals surface area contributed by atoms with Crippen LogP contribution in [0.1, 0.15) is 11.1 Å². The first-order valence-electron chi connectivity index (χ1n) is 23.8. The van der Waals surface area contributed by atoms with Crippen molar-refractivity contribution in [2.45, 2.75) is 6.42 Å². The molecule has 14 aromatic rings. The maximum atomic E-state index is 6.21. The molecule has 4 heterocycles. The van der Waals surface area contributed by atoms with E-state index < -0.39 is 0 Å². The van der Waals surface area contributed by atoms with Crippen LogP contribution in [0.5, 0.6) is 0 Å². The predicted octanol–water partition coefficient (Wildman–Crippen LogP) is 16.2. The van der Waals surface area contributed by atoms with Gasteiger partial charge < -0.3 is 13.6 Å². The van der Waals surface area contributed by atoms with Crippen molar-refractivity contribution in [3.8, 4) is 67.8 Å². The molecule has 15 rings (SSSR count). The fourth-order valence-electron chi connectivity index (χ4n) is 11.1. The molecule has 0 saturated heterocycles. The number of para-hydroxylation sites is 3. The number of benzene rings is 10. The Morgan fingerprint density at radius 1 is 0.300 bits per heavy atom. The molecule has 0 spiro atoms. The minimum Gasteiger partial charge on any atom is -0.456 e. The number of aromatic nitrogens is 5. The summed E-state index contributed by atoms with van der Waals surface area (Å²) in [5.74, 6) is 1.97. The van der Waals surface area contributed by atoms with E-state index in [2.05, 4.69) is 185 Å². The summed E-state index contributed by atoms with van der Waals surface area (Å²) in [4.78, 5) is 15.1. The SMILES string of the molecule is c1ccc(-c2nc(-c3ccccc3)nc(-c3ccc4c(c3)-c3cc(-n5c6ccccc6c6cc(-c7ccc8c(c7)c7ccccc7n8-c7ccc8oc9ccccc9c8c7)ccc65)ccc3C4)n2)cc1. The molecule has 0 saturated carbocycles. The van der Waals surface area contributed by atoms with Crippen LogP contribution < -0.4 is 0 Å². The van der Waals surface area contributed by atoms with Gasteiger partial charge in [0.15, 0.2) is 17.5 Å². The lowest BCUT2D eigenvalue weighted by Crippen LogP contribution is -2.00. The second-order valence-corrected chi connectivity index (χ2v) is 18.4. The number of rotatable bonds is 6. The molecule has 0 aliphatic heterocycles. The van der Waals surface area contributed by atoms with E-state index in [0.29, 0.717) is 17.5 Å². The standard InChI is InChI=1S/C64H39N5O/c1-3-13-39(14-4-1)62-65-63(40-15-5-2-6-16-40)67-64(66-62)45-24-23-43-33-44-25-28-46(37-52(44)51(43)36-45)68-56-20-10-7-17-48(56)53-34-41(26-30-58(53)68)42-27-31-59-54(35-42)49-18-8-11-21-57(49)69(59)47-29-32-61-55(38-47)50-19-9-12-22-60(50)70-61/h1-32,34-38H,33H2. The van der Waals surface area contributed by atoms with Crippen molar-refractivity contribution in [3.63, 3.8) is 0 Å². The first kappa shape index (κ1) is 38.7.